The molecule has 0 spiro atoms. The van der Waals surface area contributed by atoms with Gasteiger partial charge in [0.1, 0.15) is 18.7 Å². The predicted molar refractivity (Wildman–Crippen MR) is 155 cm³/mol. The van der Waals surface area contributed by atoms with Crippen LogP contribution >= 0.6 is 0 Å². The Morgan fingerprint density at radius 1 is 0.951 bits per heavy atom. The van der Waals surface area contributed by atoms with Crippen molar-refractivity contribution in [1.82, 2.24) is 20.0 Å². The zero-order valence-electron chi connectivity index (χ0n) is 23.4. The lowest BCUT2D eigenvalue weighted by Crippen LogP contribution is -2.61. The molecule has 2 N–H and O–H groups in total. The lowest BCUT2D eigenvalue weighted by atomic mass is 9.98. The zero-order valence-corrected chi connectivity index (χ0v) is 23.4. The number of ether oxygens (including phenoxy) is 1. The Balaban J connectivity index is 1.29. The van der Waals surface area contributed by atoms with Gasteiger partial charge in [-0.2, -0.15) is 0 Å². The third-order valence-electron chi connectivity index (χ3n) is 7.97. The average Bonchev–Trinajstić information content (AvgIpc) is 3.29. The highest BCUT2D eigenvalue weighted by atomic mass is 16.5. The SMILES string of the molecule is CN(Cc1ccccc1)CC(NC(=O)OCC1c2ccccc2-c2ccccc21)C(=O)N1CCN(C)C(C(=O)O)C1. The number of alkyl carbamates (subject to hydrolysis) is 1. The average molecular weight is 557 g/mol. The van der Waals surface area contributed by atoms with E-state index in [4.69, 9.17) is 4.74 Å². The Hall–Kier alpha value is -4.21. The number of hydrogen-bond donors (Lipinski definition) is 2. The molecule has 2 amide bonds. The minimum absolute atomic E-state index is 0.0515. The van der Waals surface area contributed by atoms with Crippen LogP contribution in [0.15, 0.2) is 78.9 Å². The third kappa shape index (κ3) is 6.42. The maximum atomic E-state index is 13.7. The number of amides is 2. The summed E-state index contributed by atoms with van der Waals surface area (Å²) in [5.74, 6) is -1.40. The molecule has 9 nitrogen and oxygen atoms in total. The number of hydrogen-bond acceptors (Lipinski definition) is 6. The summed E-state index contributed by atoms with van der Waals surface area (Å²) in [4.78, 5) is 43.9. The second kappa shape index (κ2) is 12.5. The van der Waals surface area contributed by atoms with Crippen molar-refractivity contribution in [3.63, 3.8) is 0 Å². The quantitative estimate of drug-likeness (QED) is 0.417. The second-order valence-corrected chi connectivity index (χ2v) is 10.8. The summed E-state index contributed by atoms with van der Waals surface area (Å²) in [6, 6.07) is 24.4. The number of benzene rings is 3. The van der Waals surface area contributed by atoms with Gasteiger partial charge >= 0.3 is 12.1 Å². The first-order chi connectivity index (χ1) is 19.8. The molecule has 3 aromatic rings. The second-order valence-electron chi connectivity index (χ2n) is 10.8. The smallest absolute Gasteiger partial charge is 0.407 e. The van der Waals surface area contributed by atoms with Crippen molar-refractivity contribution in [2.75, 3.05) is 46.9 Å². The normalized spacial score (nSPS) is 17.5. The minimum atomic E-state index is -0.979. The van der Waals surface area contributed by atoms with E-state index in [1.807, 2.05) is 66.5 Å². The van der Waals surface area contributed by atoms with Crippen molar-refractivity contribution < 1.29 is 24.2 Å². The monoisotopic (exact) mass is 556 g/mol. The van der Waals surface area contributed by atoms with Crippen LogP contribution in [-0.4, -0.2) is 96.7 Å². The maximum Gasteiger partial charge on any atom is 0.407 e. The summed E-state index contributed by atoms with van der Waals surface area (Å²) < 4.78 is 5.74. The topological polar surface area (TPSA) is 102 Å². The highest BCUT2D eigenvalue weighted by molar-refractivity contribution is 5.87. The molecular formula is C32H36N4O5. The molecule has 1 aliphatic carbocycles. The molecular weight excluding hydrogens is 520 g/mol. The van der Waals surface area contributed by atoms with Crippen molar-refractivity contribution in [1.29, 1.82) is 0 Å². The number of nitrogens with zero attached hydrogens (tertiary/aromatic N) is 3. The number of carboxylic acids is 1. The van der Waals surface area contributed by atoms with Gasteiger partial charge in [-0.3, -0.25) is 19.4 Å². The largest absolute Gasteiger partial charge is 0.480 e. The van der Waals surface area contributed by atoms with E-state index < -0.39 is 24.1 Å². The Morgan fingerprint density at radius 3 is 2.20 bits per heavy atom. The number of likely N-dealkylation sites (N-methyl/N-ethyl adjacent to an activating group) is 2. The number of fused-ring (bicyclic) bond motifs is 3. The van der Waals surface area contributed by atoms with E-state index in [0.717, 1.165) is 27.8 Å². The van der Waals surface area contributed by atoms with E-state index in [0.29, 0.717) is 19.6 Å². The van der Waals surface area contributed by atoms with E-state index in [1.165, 1.54) is 4.90 Å². The van der Waals surface area contributed by atoms with Crippen LogP contribution in [0.4, 0.5) is 4.79 Å². The van der Waals surface area contributed by atoms with Gasteiger partial charge in [0.2, 0.25) is 5.91 Å². The molecule has 0 saturated carbocycles. The van der Waals surface area contributed by atoms with Gasteiger partial charge < -0.3 is 20.1 Å². The fourth-order valence-corrected chi connectivity index (χ4v) is 5.80. The molecule has 1 fully saturated rings. The molecule has 0 radical (unpaired) electrons. The third-order valence-corrected chi connectivity index (χ3v) is 7.97. The molecule has 2 aliphatic rings. The maximum absolute atomic E-state index is 13.7. The van der Waals surface area contributed by atoms with Crippen molar-refractivity contribution in [2.24, 2.45) is 0 Å². The predicted octanol–water partition coefficient (Wildman–Crippen LogP) is 3.25. The van der Waals surface area contributed by atoms with E-state index in [-0.39, 0.29) is 31.5 Å². The summed E-state index contributed by atoms with van der Waals surface area (Å²) >= 11 is 0. The number of rotatable bonds is 9. The summed E-state index contributed by atoms with van der Waals surface area (Å²) in [5, 5.41) is 12.4. The molecule has 2 atom stereocenters. The Morgan fingerprint density at radius 2 is 1.56 bits per heavy atom. The van der Waals surface area contributed by atoms with Crippen LogP contribution in [0.25, 0.3) is 11.1 Å². The molecule has 9 heteroatoms. The van der Waals surface area contributed by atoms with Crippen molar-refractivity contribution in [3.8, 4) is 11.1 Å². The van der Waals surface area contributed by atoms with Crippen LogP contribution in [0.3, 0.4) is 0 Å². The molecule has 1 saturated heterocycles. The first-order valence-corrected chi connectivity index (χ1v) is 13.9. The molecule has 214 valence electrons. The van der Waals surface area contributed by atoms with E-state index in [9.17, 15) is 19.5 Å². The molecule has 3 aromatic carbocycles. The van der Waals surface area contributed by atoms with Gasteiger partial charge in [-0.15, -0.1) is 0 Å². The first kappa shape index (κ1) is 28.3. The number of aliphatic carboxylic acids is 1. The van der Waals surface area contributed by atoms with Gasteiger partial charge in [-0.05, 0) is 41.9 Å². The Bertz CT molecular complexity index is 1350. The lowest BCUT2D eigenvalue weighted by Gasteiger charge is -2.39. The molecule has 1 aliphatic heterocycles. The first-order valence-electron chi connectivity index (χ1n) is 13.9. The number of carbonyl (C=O) groups excluding carboxylic acids is 2. The van der Waals surface area contributed by atoms with Gasteiger partial charge in [-0.25, -0.2) is 4.79 Å². The molecule has 0 aromatic heterocycles. The molecule has 0 bridgehead atoms. The van der Waals surface area contributed by atoms with Crippen molar-refractivity contribution in [3.05, 3.63) is 95.6 Å². The molecule has 41 heavy (non-hydrogen) atoms. The van der Waals surface area contributed by atoms with E-state index >= 15 is 0 Å². The van der Waals surface area contributed by atoms with Crippen LogP contribution in [0.1, 0.15) is 22.6 Å². The van der Waals surface area contributed by atoms with Crippen LogP contribution in [0.2, 0.25) is 0 Å². The van der Waals surface area contributed by atoms with Gasteiger partial charge in [-0.1, -0.05) is 78.9 Å². The molecule has 5 rings (SSSR count). The number of carboxylic acid groups (broad SMARTS) is 1. The fraction of sp³-hybridized carbons (Fsp3) is 0.344. The van der Waals surface area contributed by atoms with E-state index in [2.05, 4.69) is 29.6 Å². The Labute approximate surface area is 240 Å². The number of piperazine rings is 1. The number of carbonyl (C=O) groups is 3. The summed E-state index contributed by atoms with van der Waals surface area (Å²) in [6.07, 6.45) is -0.678. The van der Waals surface area contributed by atoms with Gasteiger partial charge in [0.15, 0.2) is 0 Å². The van der Waals surface area contributed by atoms with Crippen molar-refractivity contribution >= 4 is 18.0 Å². The van der Waals surface area contributed by atoms with Gasteiger partial charge in [0.25, 0.3) is 0 Å². The summed E-state index contributed by atoms with van der Waals surface area (Å²) in [5.41, 5.74) is 5.56. The highest BCUT2D eigenvalue weighted by Crippen LogP contribution is 2.44. The summed E-state index contributed by atoms with van der Waals surface area (Å²) in [6.45, 7) is 1.82. The van der Waals surface area contributed by atoms with Crippen molar-refractivity contribution in [2.45, 2.75) is 24.5 Å². The summed E-state index contributed by atoms with van der Waals surface area (Å²) in [7, 11) is 3.62. The van der Waals surface area contributed by atoms with Crippen LogP contribution in [0.5, 0.6) is 0 Å². The van der Waals surface area contributed by atoms with E-state index in [1.54, 1.807) is 11.9 Å². The fourth-order valence-electron chi connectivity index (χ4n) is 5.80. The standard InChI is InChI=1S/C32H36N4O5/c1-34(18-22-10-4-3-5-11-22)19-28(30(37)36-17-16-35(2)29(20-36)31(38)39)33-32(40)41-21-27-25-14-8-6-12-23(25)24-13-7-9-15-26(24)27/h3-15,27-29H,16-21H2,1-2H3,(H,33,40)(H,38,39). The molecule has 1 heterocycles. The van der Waals surface area contributed by atoms with Gasteiger partial charge in [0, 0.05) is 38.6 Å². The number of nitrogens with one attached hydrogen (secondary N) is 1. The van der Waals surface area contributed by atoms with Gasteiger partial charge in [0.05, 0.1) is 0 Å². The Kier molecular flexibility index (Phi) is 8.66. The van der Waals surface area contributed by atoms with Crippen LogP contribution < -0.4 is 5.32 Å². The lowest BCUT2D eigenvalue weighted by molar-refractivity contribution is -0.148. The minimum Gasteiger partial charge on any atom is -0.480 e. The zero-order chi connectivity index (χ0) is 28.9. The highest BCUT2D eigenvalue weighted by Gasteiger charge is 2.36. The van der Waals surface area contributed by atoms with Crippen LogP contribution in [0, 0.1) is 0 Å². The van der Waals surface area contributed by atoms with Crippen LogP contribution in [-0.2, 0) is 20.9 Å². The molecule has 2 unspecified atom stereocenters.